The fraction of sp³-hybridized carbons (Fsp3) is 0.250. The van der Waals surface area contributed by atoms with Gasteiger partial charge in [-0.15, -0.1) is 6.58 Å². The molecule has 1 unspecified atom stereocenters. The zero-order chi connectivity index (χ0) is 10.6. The van der Waals surface area contributed by atoms with Crippen molar-refractivity contribution in [1.29, 1.82) is 0 Å². The molecule has 1 aromatic rings. The number of carboxylic acids is 1. The number of hydrogen-bond acceptors (Lipinski definition) is 1. The molecule has 0 bridgehead atoms. The highest BCUT2D eigenvalue weighted by Crippen LogP contribution is 2.23. The zero-order valence-corrected chi connectivity index (χ0v) is 8.23. The third-order valence-electron chi connectivity index (χ3n) is 2.35. The number of carbonyl (C=O) groups is 1. The van der Waals surface area contributed by atoms with E-state index in [-0.39, 0.29) is 0 Å². The Morgan fingerprint density at radius 2 is 2.07 bits per heavy atom. The smallest absolute Gasteiger partial charge is 0.313 e. The monoisotopic (exact) mass is 190 g/mol. The van der Waals surface area contributed by atoms with Gasteiger partial charge in [0.15, 0.2) is 0 Å². The highest BCUT2D eigenvalue weighted by Gasteiger charge is 2.29. The molecule has 1 N–H and O–H groups in total. The molecule has 74 valence electrons. The summed E-state index contributed by atoms with van der Waals surface area (Å²) in [6.45, 7) is 5.25. The Balaban J connectivity index is 2.86. The molecule has 0 aliphatic carbocycles. The first-order valence-electron chi connectivity index (χ1n) is 4.49. The van der Waals surface area contributed by atoms with Gasteiger partial charge < -0.3 is 5.11 Å². The van der Waals surface area contributed by atoms with Gasteiger partial charge in [0.2, 0.25) is 0 Å². The van der Waals surface area contributed by atoms with Gasteiger partial charge in [-0.25, -0.2) is 0 Å². The van der Waals surface area contributed by atoms with Crippen molar-refractivity contribution in [2.75, 3.05) is 0 Å². The average Bonchev–Trinajstić information content (AvgIpc) is 2.19. The number of rotatable bonds is 4. The van der Waals surface area contributed by atoms with E-state index in [0.717, 1.165) is 5.56 Å². The molecule has 0 aliphatic rings. The van der Waals surface area contributed by atoms with Crippen LogP contribution in [0.3, 0.4) is 0 Å². The lowest BCUT2D eigenvalue weighted by Gasteiger charge is -2.19. The first-order valence-corrected chi connectivity index (χ1v) is 4.49. The first kappa shape index (κ1) is 10.5. The second-order valence-corrected chi connectivity index (χ2v) is 3.59. The topological polar surface area (TPSA) is 37.3 Å². The Hall–Kier alpha value is -1.57. The highest BCUT2D eigenvalue weighted by atomic mass is 16.4. The molecule has 1 atom stereocenters. The van der Waals surface area contributed by atoms with Crippen molar-refractivity contribution in [3.8, 4) is 0 Å². The van der Waals surface area contributed by atoms with E-state index < -0.39 is 11.4 Å². The maximum atomic E-state index is 11.0. The molecule has 0 fully saturated rings. The van der Waals surface area contributed by atoms with Crippen molar-refractivity contribution in [3.63, 3.8) is 0 Å². The maximum Gasteiger partial charge on any atom is 0.313 e. The normalized spacial score (nSPS) is 14.4. The Morgan fingerprint density at radius 3 is 2.50 bits per heavy atom. The third kappa shape index (κ3) is 2.22. The number of carboxylic acid groups (broad SMARTS) is 1. The summed E-state index contributed by atoms with van der Waals surface area (Å²) in [5, 5.41) is 9.02. The molecule has 14 heavy (non-hydrogen) atoms. The molecule has 1 aromatic carbocycles. The lowest BCUT2D eigenvalue weighted by atomic mass is 9.84. The van der Waals surface area contributed by atoms with E-state index in [9.17, 15) is 4.79 Å². The van der Waals surface area contributed by atoms with Gasteiger partial charge in [0.25, 0.3) is 0 Å². The summed E-state index contributed by atoms with van der Waals surface area (Å²) in [4.78, 5) is 11.0. The van der Waals surface area contributed by atoms with Crippen LogP contribution < -0.4 is 0 Å². The molecule has 0 spiro atoms. The van der Waals surface area contributed by atoms with Crippen LogP contribution in [-0.4, -0.2) is 11.1 Å². The van der Waals surface area contributed by atoms with E-state index in [1.165, 1.54) is 6.08 Å². The molecule has 0 saturated carbocycles. The molecule has 0 amide bonds. The van der Waals surface area contributed by atoms with Crippen molar-refractivity contribution >= 4 is 5.97 Å². The van der Waals surface area contributed by atoms with Crippen molar-refractivity contribution < 1.29 is 9.90 Å². The second kappa shape index (κ2) is 4.09. The molecular weight excluding hydrogens is 176 g/mol. The molecule has 0 aliphatic heterocycles. The molecule has 0 aromatic heterocycles. The van der Waals surface area contributed by atoms with Crippen LogP contribution in [0.25, 0.3) is 0 Å². The highest BCUT2D eigenvalue weighted by molar-refractivity contribution is 5.76. The van der Waals surface area contributed by atoms with E-state index in [0.29, 0.717) is 6.42 Å². The van der Waals surface area contributed by atoms with E-state index in [1.54, 1.807) is 6.92 Å². The third-order valence-corrected chi connectivity index (χ3v) is 2.35. The van der Waals surface area contributed by atoms with Crippen LogP contribution in [0.4, 0.5) is 0 Å². The Bertz CT molecular complexity index is 329. The minimum Gasteiger partial charge on any atom is -0.481 e. The standard InChI is InChI=1S/C12H14O2/c1-3-12(2,11(13)14)9-10-7-5-4-6-8-10/h3-8H,1,9H2,2H3,(H,13,14). The maximum absolute atomic E-state index is 11.0. The van der Waals surface area contributed by atoms with Crippen molar-refractivity contribution in [1.82, 2.24) is 0 Å². The van der Waals surface area contributed by atoms with E-state index in [2.05, 4.69) is 6.58 Å². The summed E-state index contributed by atoms with van der Waals surface area (Å²) >= 11 is 0. The SMILES string of the molecule is C=CC(C)(Cc1ccccc1)C(=O)O. The summed E-state index contributed by atoms with van der Waals surface area (Å²) in [5.74, 6) is -0.837. The van der Waals surface area contributed by atoms with Crippen LogP contribution in [-0.2, 0) is 11.2 Å². The van der Waals surface area contributed by atoms with Crippen LogP contribution in [0, 0.1) is 5.41 Å². The van der Waals surface area contributed by atoms with Gasteiger partial charge in [-0.1, -0.05) is 36.4 Å². The van der Waals surface area contributed by atoms with Gasteiger partial charge >= 0.3 is 5.97 Å². The zero-order valence-electron chi connectivity index (χ0n) is 8.23. The first-order chi connectivity index (χ1) is 6.58. The second-order valence-electron chi connectivity index (χ2n) is 3.59. The molecule has 0 saturated heterocycles. The Kier molecular flexibility index (Phi) is 3.07. The number of benzene rings is 1. The van der Waals surface area contributed by atoms with E-state index in [4.69, 9.17) is 5.11 Å². The largest absolute Gasteiger partial charge is 0.481 e. The van der Waals surface area contributed by atoms with Crippen LogP contribution in [0.2, 0.25) is 0 Å². The fourth-order valence-corrected chi connectivity index (χ4v) is 1.25. The molecule has 2 nitrogen and oxygen atoms in total. The quantitative estimate of drug-likeness (QED) is 0.741. The van der Waals surface area contributed by atoms with Gasteiger partial charge in [-0.2, -0.15) is 0 Å². The van der Waals surface area contributed by atoms with Crippen molar-refractivity contribution in [2.45, 2.75) is 13.3 Å². The van der Waals surface area contributed by atoms with Crippen LogP contribution >= 0.6 is 0 Å². The van der Waals surface area contributed by atoms with E-state index >= 15 is 0 Å². The Labute approximate surface area is 83.9 Å². The summed E-state index contributed by atoms with van der Waals surface area (Å²) in [6, 6.07) is 9.56. The van der Waals surface area contributed by atoms with Gasteiger partial charge in [0.1, 0.15) is 0 Å². The molecular formula is C12H14O2. The minimum atomic E-state index is -0.874. The van der Waals surface area contributed by atoms with Gasteiger partial charge in [-0.05, 0) is 18.9 Å². The Morgan fingerprint density at radius 1 is 1.50 bits per heavy atom. The predicted molar refractivity (Wildman–Crippen MR) is 56.1 cm³/mol. The lowest BCUT2D eigenvalue weighted by molar-refractivity contribution is -0.145. The summed E-state index contributed by atoms with van der Waals surface area (Å²) in [6.07, 6.45) is 1.97. The van der Waals surface area contributed by atoms with Gasteiger partial charge in [-0.3, -0.25) is 4.79 Å². The van der Waals surface area contributed by atoms with Gasteiger partial charge in [0, 0.05) is 0 Å². The molecule has 1 rings (SSSR count). The molecule has 2 heteroatoms. The molecule has 0 heterocycles. The summed E-state index contributed by atoms with van der Waals surface area (Å²) in [7, 11) is 0. The summed E-state index contributed by atoms with van der Waals surface area (Å²) in [5.41, 5.74) is 0.138. The predicted octanol–water partition coefficient (Wildman–Crippen LogP) is 2.51. The van der Waals surface area contributed by atoms with Crippen molar-refractivity contribution in [2.24, 2.45) is 5.41 Å². The van der Waals surface area contributed by atoms with E-state index in [1.807, 2.05) is 30.3 Å². The number of hydrogen-bond donors (Lipinski definition) is 1. The lowest BCUT2D eigenvalue weighted by Crippen LogP contribution is -2.27. The summed E-state index contributed by atoms with van der Waals surface area (Å²) < 4.78 is 0. The van der Waals surface area contributed by atoms with Crippen LogP contribution in [0.5, 0.6) is 0 Å². The average molecular weight is 190 g/mol. The van der Waals surface area contributed by atoms with Crippen LogP contribution in [0.1, 0.15) is 12.5 Å². The molecule has 0 radical (unpaired) electrons. The fourth-order valence-electron chi connectivity index (χ4n) is 1.25. The van der Waals surface area contributed by atoms with Gasteiger partial charge in [0.05, 0.1) is 5.41 Å². The number of aliphatic carboxylic acids is 1. The van der Waals surface area contributed by atoms with Crippen molar-refractivity contribution in [3.05, 3.63) is 48.6 Å². The minimum absolute atomic E-state index is 0.479. The van der Waals surface area contributed by atoms with Crippen LogP contribution in [0.15, 0.2) is 43.0 Å².